The molecule has 0 amide bonds. The van der Waals surface area contributed by atoms with E-state index < -0.39 is 7.12 Å². The van der Waals surface area contributed by atoms with Crippen LogP contribution in [0.1, 0.15) is 24.5 Å². The van der Waals surface area contributed by atoms with Crippen molar-refractivity contribution >= 4 is 34.4 Å². The van der Waals surface area contributed by atoms with E-state index >= 15 is 0 Å². The van der Waals surface area contributed by atoms with E-state index in [0.717, 1.165) is 51.5 Å². The zero-order valence-corrected chi connectivity index (χ0v) is 19.4. The minimum absolute atomic E-state index is 0.262. The SMILES string of the molecule is COB(O)c1ccc(-c2c(C3CCOCC3)n(-c3ccc(F)cc3)c3cc4cn[nH]c4cc23)cc1. The van der Waals surface area contributed by atoms with Crippen LogP contribution in [0.25, 0.3) is 38.6 Å². The Morgan fingerprint density at radius 1 is 1.09 bits per heavy atom. The molecule has 0 saturated carbocycles. The van der Waals surface area contributed by atoms with Crippen LogP contribution in [-0.4, -0.2) is 47.2 Å². The molecule has 0 atom stereocenters. The molecule has 1 saturated heterocycles. The monoisotopic (exact) mass is 469 g/mol. The van der Waals surface area contributed by atoms with Gasteiger partial charge in [-0.25, -0.2) is 4.39 Å². The summed E-state index contributed by atoms with van der Waals surface area (Å²) in [5, 5.41) is 19.5. The predicted octanol–water partition coefficient (Wildman–Crippen LogP) is 4.54. The van der Waals surface area contributed by atoms with Crippen molar-refractivity contribution < 1.29 is 18.8 Å². The Bertz CT molecular complexity index is 1490. The van der Waals surface area contributed by atoms with Crippen LogP contribution in [0, 0.1) is 5.82 Å². The van der Waals surface area contributed by atoms with Crippen molar-refractivity contribution in [3.63, 3.8) is 0 Å². The van der Waals surface area contributed by atoms with Gasteiger partial charge >= 0.3 is 7.12 Å². The molecule has 1 fully saturated rings. The van der Waals surface area contributed by atoms with E-state index in [1.54, 1.807) is 0 Å². The minimum atomic E-state index is -0.968. The van der Waals surface area contributed by atoms with Crippen LogP contribution in [-0.2, 0) is 9.39 Å². The summed E-state index contributed by atoms with van der Waals surface area (Å²) in [6, 6.07) is 18.8. The Morgan fingerprint density at radius 3 is 2.54 bits per heavy atom. The first-order valence-electron chi connectivity index (χ1n) is 11.8. The summed E-state index contributed by atoms with van der Waals surface area (Å²) in [4.78, 5) is 0. The molecule has 5 aromatic rings. The van der Waals surface area contributed by atoms with Gasteiger partial charge in [0.15, 0.2) is 0 Å². The zero-order valence-electron chi connectivity index (χ0n) is 19.4. The fourth-order valence-corrected chi connectivity index (χ4v) is 5.22. The molecule has 0 spiro atoms. The molecule has 2 N–H and O–H groups in total. The van der Waals surface area contributed by atoms with Gasteiger partial charge in [-0.15, -0.1) is 0 Å². The van der Waals surface area contributed by atoms with Gasteiger partial charge in [-0.1, -0.05) is 24.3 Å². The van der Waals surface area contributed by atoms with Crippen molar-refractivity contribution in [2.45, 2.75) is 18.8 Å². The zero-order chi connectivity index (χ0) is 23.9. The number of hydrogen-bond acceptors (Lipinski definition) is 4. The van der Waals surface area contributed by atoms with E-state index in [2.05, 4.69) is 26.9 Å². The number of ether oxygens (including phenoxy) is 1. The van der Waals surface area contributed by atoms with Crippen molar-refractivity contribution in [1.82, 2.24) is 14.8 Å². The van der Waals surface area contributed by atoms with Crippen molar-refractivity contribution in [3.8, 4) is 16.8 Å². The fourth-order valence-electron chi connectivity index (χ4n) is 5.22. The molecule has 8 heteroatoms. The smallest absolute Gasteiger partial charge is 0.423 e. The second-order valence-corrected chi connectivity index (χ2v) is 9.00. The molecule has 2 aromatic heterocycles. The van der Waals surface area contributed by atoms with Crippen LogP contribution in [0.15, 0.2) is 66.9 Å². The fraction of sp³-hybridized carbons (Fsp3) is 0.222. The van der Waals surface area contributed by atoms with Gasteiger partial charge in [0, 0.05) is 54.0 Å². The van der Waals surface area contributed by atoms with Gasteiger partial charge in [0.2, 0.25) is 0 Å². The molecule has 35 heavy (non-hydrogen) atoms. The quantitative estimate of drug-likeness (QED) is 0.371. The van der Waals surface area contributed by atoms with Gasteiger partial charge in [-0.05, 0) is 60.3 Å². The highest BCUT2D eigenvalue weighted by molar-refractivity contribution is 6.59. The van der Waals surface area contributed by atoms with Gasteiger partial charge in [0.25, 0.3) is 0 Å². The topological polar surface area (TPSA) is 72.3 Å². The normalized spacial score (nSPS) is 14.7. The number of H-pyrrole nitrogens is 1. The van der Waals surface area contributed by atoms with Crippen molar-refractivity contribution in [2.75, 3.05) is 20.3 Å². The average Bonchev–Trinajstić information content (AvgIpc) is 3.50. The highest BCUT2D eigenvalue weighted by Gasteiger charge is 2.28. The van der Waals surface area contributed by atoms with E-state index in [4.69, 9.17) is 9.39 Å². The highest BCUT2D eigenvalue weighted by Crippen LogP contribution is 2.44. The van der Waals surface area contributed by atoms with Crippen molar-refractivity contribution in [1.29, 1.82) is 0 Å². The summed E-state index contributed by atoms with van der Waals surface area (Å²) < 4.78 is 26.9. The minimum Gasteiger partial charge on any atom is -0.423 e. The van der Waals surface area contributed by atoms with Gasteiger partial charge < -0.3 is 19.0 Å². The van der Waals surface area contributed by atoms with E-state index in [0.29, 0.717) is 18.7 Å². The number of nitrogens with one attached hydrogen (secondary N) is 1. The first-order valence-corrected chi connectivity index (χ1v) is 11.8. The summed E-state index contributed by atoms with van der Waals surface area (Å²) >= 11 is 0. The maximum atomic E-state index is 13.9. The van der Waals surface area contributed by atoms with E-state index in [1.165, 1.54) is 24.9 Å². The number of rotatable bonds is 5. The van der Waals surface area contributed by atoms with Crippen molar-refractivity contribution in [3.05, 3.63) is 78.4 Å². The molecule has 0 bridgehead atoms. The lowest BCUT2D eigenvalue weighted by Crippen LogP contribution is -2.31. The average molecular weight is 469 g/mol. The van der Waals surface area contributed by atoms with Crippen LogP contribution < -0.4 is 5.46 Å². The second kappa shape index (κ2) is 8.96. The summed E-state index contributed by atoms with van der Waals surface area (Å²) in [5.74, 6) is 0.0134. The lowest BCUT2D eigenvalue weighted by Gasteiger charge is -2.26. The molecule has 1 aliphatic heterocycles. The first-order chi connectivity index (χ1) is 17.1. The largest absolute Gasteiger partial charge is 0.490 e. The van der Waals surface area contributed by atoms with Crippen LogP contribution in [0.4, 0.5) is 4.39 Å². The van der Waals surface area contributed by atoms with E-state index in [1.807, 2.05) is 42.6 Å². The predicted molar refractivity (Wildman–Crippen MR) is 136 cm³/mol. The number of nitrogens with zero attached hydrogens (tertiary/aromatic N) is 2. The molecule has 0 radical (unpaired) electrons. The maximum Gasteiger partial charge on any atom is 0.490 e. The standard InChI is InChI=1S/C27H25BFN3O3/c1-34-28(33)20-4-2-17(3-5-20)26-23-15-24-19(16-30-31-24)14-25(23)32(22-8-6-21(29)7-9-22)27(26)18-10-12-35-13-11-18/h2-9,14-16,18,33H,10-13H2,1H3,(H,30,31). The molecule has 0 unspecified atom stereocenters. The summed E-state index contributed by atoms with van der Waals surface area (Å²) in [7, 11) is 0.512. The number of aromatic nitrogens is 3. The Kier molecular flexibility index (Phi) is 5.64. The third-order valence-electron chi connectivity index (χ3n) is 6.96. The number of fused-ring (bicyclic) bond motifs is 2. The first kappa shape index (κ1) is 22.0. The van der Waals surface area contributed by atoms with Crippen LogP contribution in [0.5, 0.6) is 0 Å². The van der Waals surface area contributed by atoms with E-state index in [9.17, 15) is 9.41 Å². The Labute approximate surface area is 202 Å². The molecular formula is C27H25BFN3O3. The Morgan fingerprint density at radius 2 is 1.83 bits per heavy atom. The highest BCUT2D eigenvalue weighted by atomic mass is 19.1. The van der Waals surface area contributed by atoms with Gasteiger partial charge in [0.05, 0.1) is 17.2 Å². The summed E-state index contributed by atoms with van der Waals surface area (Å²) in [5.41, 5.74) is 6.98. The van der Waals surface area contributed by atoms with Crippen molar-refractivity contribution in [2.24, 2.45) is 0 Å². The summed E-state index contributed by atoms with van der Waals surface area (Å²) in [6.45, 7) is 1.41. The van der Waals surface area contributed by atoms with Gasteiger partial charge in [-0.2, -0.15) is 5.10 Å². The third-order valence-corrected chi connectivity index (χ3v) is 6.96. The van der Waals surface area contributed by atoms with Crippen LogP contribution in [0.2, 0.25) is 0 Å². The lowest BCUT2D eigenvalue weighted by atomic mass is 9.79. The molecule has 1 aliphatic rings. The molecular weight excluding hydrogens is 444 g/mol. The third kappa shape index (κ3) is 3.84. The number of hydrogen-bond donors (Lipinski definition) is 2. The number of halogens is 1. The van der Waals surface area contributed by atoms with Gasteiger partial charge in [0.1, 0.15) is 5.82 Å². The van der Waals surface area contributed by atoms with E-state index in [-0.39, 0.29) is 11.7 Å². The lowest BCUT2D eigenvalue weighted by molar-refractivity contribution is 0.0843. The maximum absolute atomic E-state index is 13.9. The second-order valence-electron chi connectivity index (χ2n) is 9.00. The molecule has 3 aromatic carbocycles. The Balaban J connectivity index is 1.67. The molecule has 176 valence electrons. The molecule has 0 aliphatic carbocycles. The Hall–Kier alpha value is -3.46. The molecule has 3 heterocycles. The van der Waals surface area contributed by atoms with Gasteiger partial charge in [-0.3, -0.25) is 5.10 Å². The summed E-state index contributed by atoms with van der Waals surface area (Å²) in [6.07, 6.45) is 3.64. The van der Waals surface area contributed by atoms with Crippen LogP contribution in [0.3, 0.4) is 0 Å². The molecule has 6 nitrogen and oxygen atoms in total. The number of benzene rings is 3. The molecule has 6 rings (SSSR count). The number of aromatic amines is 1. The van der Waals surface area contributed by atoms with Crippen LogP contribution >= 0.6 is 0 Å².